The van der Waals surface area contributed by atoms with E-state index < -0.39 is 0 Å². The summed E-state index contributed by atoms with van der Waals surface area (Å²) in [7, 11) is 0. The maximum atomic E-state index is 12.1. The van der Waals surface area contributed by atoms with Crippen LogP contribution in [0.1, 0.15) is 24.2 Å². The van der Waals surface area contributed by atoms with E-state index >= 15 is 0 Å². The van der Waals surface area contributed by atoms with Gasteiger partial charge in [0, 0.05) is 18.5 Å². The third-order valence-electron chi connectivity index (χ3n) is 2.89. The van der Waals surface area contributed by atoms with Gasteiger partial charge in [0.2, 0.25) is 0 Å². The Morgan fingerprint density at radius 2 is 2.25 bits per heavy atom. The number of benzene rings is 1. The monoisotopic (exact) mass is 297 g/mol. The molecule has 0 saturated carbocycles. The molecule has 0 unspecified atom stereocenters. The first kappa shape index (κ1) is 14.7. The molecule has 6 heteroatoms. The van der Waals surface area contributed by atoms with Gasteiger partial charge in [0.1, 0.15) is 11.5 Å². The van der Waals surface area contributed by atoms with Crippen LogP contribution >= 0.6 is 11.6 Å². The molecule has 0 saturated heterocycles. The number of halogens is 1. The second-order valence-electron chi connectivity index (χ2n) is 4.76. The number of ether oxygens (including phenoxy) is 2. The van der Waals surface area contributed by atoms with Gasteiger partial charge in [0.15, 0.2) is 6.73 Å². The summed E-state index contributed by atoms with van der Waals surface area (Å²) in [6.45, 7) is 4.10. The van der Waals surface area contributed by atoms with Crippen molar-refractivity contribution in [2.45, 2.75) is 13.8 Å². The molecule has 1 aromatic rings. The van der Waals surface area contributed by atoms with Crippen LogP contribution in [-0.4, -0.2) is 35.9 Å². The molecule has 0 radical (unpaired) electrons. The Kier molecular flexibility index (Phi) is 4.49. The third-order valence-corrected chi connectivity index (χ3v) is 3.06. The van der Waals surface area contributed by atoms with E-state index in [9.17, 15) is 9.59 Å². The molecule has 0 atom stereocenters. The molecule has 1 aliphatic heterocycles. The van der Waals surface area contributed by atoms with Crippen molar-refractivity contribution in [3.05, 3.63) is 23.8 Å². The summed E-state index contributed by atoms with van der Waals surface area (Å²) in [4.78, 5) is 25.2. The minimum absolute atomic E-state index is 0.131. The quantitative estimate of drug-likeness (QED) is 0.486. The molecular formula is C14H16ClNO4. The fourth-order valence-electron chi connectivity index (χ4n) is 1.74. The first-order valence-corrected chi connectivity index (χ1v) is 6.90. The van der Waals surface area contributed by atoms with Gasteiger partial charge in [-0.05, 0) is 12.1 Å². The van der Waals surface area contributed by atoms with Crippen molar-refractivity contribution in [2.24, 2.45) is 5.92 Å². The highest BCUT2D eigenvalue weighted by Crippen LogP contribution is 2.29. The van der Waals surface area contributed by atoms with Crippen molar-refractivity contribution < 1.29 is 19.1 Å². The molecule has 0 bridgehead atoms. The van der Waals surface area contributed by atoms with Crippen molar-refractivity contribution in [1.29, 1.82) is 0 Å². The van der Waals surface area contributed by atoms with E-state index in [1.54, 1.807) is 32.0 Å². The van der Waals surface area contributed by atoms with E-state index in [4.69, 9.17) is 21.1 Å². The lowest BCUT2D eigenvalue weighted by atomic mass is 10.1. The van der Waals surface area contributed by atoms with E-state index in [2.05, 4.69) is 0 Å². The fraction of sp³-hybridized carbons (Fsp3) is 0.429. The van der Waals surface area contributed by atoms with Gasteiger partial charge in [0.25, 0.3) is 5.91 Å². The standard InChI is InChI=1S/C14H16ClNO4/c1-9(2)14(18)20-10-3-4-11-12(7-10)19-8-16(6-5-15)13(11)17/h3-4,7,9H,5-6,8H2,1-2H3. The molecule has 2 rings (SSSR count). The van der Waals surface area contributed by atoms with Gasteiger partial charge in [-0.25, -0.2) is 0 Å². The van der Waals surface area contributed by atoms with Crippen molar-refractivity contribution in [3.8, 4) is 11.5 Å². The molecule has 0 fully saturated rings. The van der Waals surface area contributed by atoms with Crippen LogP contribution in [0.3, 0.4) is 0 Å². The van der Waals surface area contributed by atoms with Gasteiger partial charge in [0.05, 0.1) is 11.5 Å². The number of carbonyl (C=O) groups is 2. The molecule has 5 nitrogen and oxygen atoms in total. The molecule has 1 amide bonds. The van der Waals surface area contributed by atoms with Gasteiger partial charge in [-0.15, -0.1) is 11.6 Å². The van der Waals surface area contributed by atoms with Crippen LogP contribution in [0.15, 0.2) is 18.2 Å². The predicted octanol–water partition coefficient (Wildman–Crippen LogP) is 2.28. The molecule has 1 aromatic carbocycles. The Hall–Kier alpha value is -1.75. The van der Waals surface area contributed by atoms with E-state index in [0.717, 1.165) is 0 Å². The highest BCUT2D eigenvalue weighted by Gasteiger charge is 2.25. The zero-order valence-corrected chi connectivity index (χ0v) is 12.1. The number of rotatable bonds is 4. The summed E-state index contributed by atoms with van der Waals surface area (Å²) in [6.07, 6.45) is 0. The van der Waals surface area contributed by atoms with Gasteiger partial charge in [-0.3, -0.25) is 9.59 Å². The number of carbonyl (C=O) groups excluding carboxylic acids is 2. The summed E-state index contributed by atoms with van der Waals surface area (Å²) in [5.41, 5.74) is 0.450. The number of fused-ring (bicyclic) bond motifs is 1. The molecular weight excluding hydrogens is 282 g/mol. The smallest absolute Gasteiger partial charge is 0.313 e. The summed E-state index contributed by atoms with van der Waals surface area (Å²) < 4.78 is 10.7. The predicted molar refractivity (Wildman–Crippen MR) is 74.2 cm³/mol. The van der Waals surface area contributed by atoms with Crippen LogP contribution in [-0.2, 0) is 4.79 Å². The summed E-state index contributed by atoms with van der Waals surface area (Å²) >= 11 is 5.63. The molecule has 0 aromatic heterocycles. The topological polar surface area (TPSA) is 55.8 Å². The van der Waals surface area contributed by atoms with Crippen molar-refractivity contribution >= 4 is 23.5 Å². The average molecular weight is 298 g/mol. The van der Waals surface area contributed by atoms with Crippen molar-refractivity contribution in [3.63, 3.8) is 0 Å². The zero-order valence-electron chi connectivity index (χ0n) is 11.4. The van der Waals surface area contributed by atoms with Crippen LogP contribution in [0.5, 0.6) is 11.5 Å². The third kappa shape index (κ3) is 3.04. The Bertz CT molecular complexity index is 530. The van der Waals surface area contributed by atoms with Gasteiger partial charge < -0.3 is 14.4 Å². The Morgan fingerprint density at radius 3 is 2.90 bits per heavy atom. The molecule has 0 aliphatic carbocycles. The second-order valence-corrected chi connectivity index (χ2v) is 5.14. The number of hydrogen-bond acceptors (Lipinski definition) is 4. The van der Waals surface area contributed by atoms with Crippen LogP contribution in [0.2, 0.25) is 0 Å². The lowest BCUT2D eigenvalue weighted by Crippen LogP contribution is -2.39. The molecule has 1 heterocycles. The minimum atomic E-state index is -0.323. The maximum Gasteiger partial charge on any atom is 0.313 e. The lowest BCUT2D eigenvalue weighted by Gasteiger charge is -2.28. The van der Waals surface area contributed by atoms with E-state index in [1.807, 2.05) is 0 Å². The van der Waals surface area contributed by atoms with Gasteiger partial charge >= 0.3 is 5.97 Å². The number of amides is 1. The summed E-state index contributed by atoms with van der Waals surface area (Å²) in [5, 5.41) is 0. The Balaban J connectivity index is 2.17. The SMILES string of the molecule is CC(C)C(=O)Oc1ccc2c(c1)OCN(CCCl)C2=O. The molecule has 0 N–H and O–H groups in total. The fourth-order valence-corrected chi connectivity index (χ4v) is 1.94. The van der Waals surface area contributed by atoms with Gasteiger partial charge in [-0.1, -0.05) is 13.8 Å². The first-order valence-electron chi connectivity index (χ1n) is 6.36. The highest BCUT2D eigenvalue weighted by atomic mass is 35.5. The molecule has 0 spiro atoms. The molecule has 20 heavy (non-hydrogen) atoms. The number of alkyl halides is 1. The van der Waals surface area contributed by atoms with Gasteiger partial charge in [-0.2, -0.15) is 0 Å². The number of esters is 1. The molecule has 1 aliphatic rings. The largest absolute Gasteiger partial charge is 0.472 e. The summed E-state index contributed by atoms with van der Waals surface area (Å²) in [6, 6.07) is 4.75. The van der Waals surface area contributed by atoms with Crippen molar-refractivity contribution in [1.82, 2.24) is 4.90 Å². The second kappa shape index (κ2) is 6.13. The highest BCUT2D eigenvalue weighted by molar-refractivity contribution is 6.18. The lowest BCUT2D eigenvalue weighted by molar-refractivity contribution is -0.137. The van der Waals surface area contributed by atoms with Crippen LogP contribution in [0, 0.1) is 5.92 Å². The maximum absolute atomic E-state index is 12.1. The zero-order chi connectivity index (χ0) is 14.7. The van der Waals surface area contributed by atoms with E-state index in [0.29, 0.717) is 29.5 Å². The average Bonchev–Trinajstić information content (AvgIpc) is 2.42. The van der Waals surface area contributed by atoms with Crippen molar-refractivity contribution in [2.75, 3.05) is 19.2 Å². The number of nitrogens with zero attached hydrogens (tertiary/aromatic N) is 1. The van der Waals surface area contributed by atoms with E-state index in [-0.39, 0.29) is 24.5 Å². The normalized spacial score (nSPS) is 14.0. The minimum Gasteiger partial charge on any atom is -0.472 e. The Labute approximate surface area is 122 Å². The van der Waals surface area contributed by atoms with Crippen LogP contribution in [0.4, 0.5) is 0 Å². The molecule has 108 valence electrons. The van der Waals surface area contributed by atoms with Crippen LogP contribution in [0.25, 0.3) is 0 Å². The van der Waals surface area contributed by atoms with Crippen LogP contribution < -0.4 is 9.47 Å². The number of hydrogen-bond donors (Lipinski definition) is 0. The summed E-state index contributed by atoms with van der Waals surface area (Å²) in [5.74, 6) is 0.488. The first-order chi connectivity index (χ1) is 9.52. The Morgan fingerprint density at radius 1 is 1.50 bits per heavy atom. The van der Waals surface area contributed by atoms with E-state index in [1.165, 1.54) is 4.90 Å².